The Morgan fingerprint density at radius 1 is 1.62 bits per heavy atom. The molecule has 2 heteroatoms. The second kappa shape index (κ2) is 3.44. The van der Waals surface area contributed by atoms with Crippen molar-refractivity contribution in [3.05, 3.63) is 23.9 Å². The van der Waals surface area contributed by atoms with Crippen molar-refractivity contribution in [2.45, 2.75) is 6.92 Å². The number of hydrogen-bond acceptors (Lipinski definition) is 1. The van der Waals surface area contributed by atoms with Crippen LogP contribution < -0.4 is 0 Å². The van der Waals surface area contributed by atoms with E-state index in [1.165, 1.54) is 6.21 Å². The van der Waals surface area contributed by atoms with Gasteiger partial charge in [0.25, 0.3) is 0 Å². The molecule has 0 bridgehead atoms. The van der Waals surface area contributed by atoms with Gasteiger partial charge in [0.2, 0.25) is 0 Å². The molecule has 0 amide bonds. The molecule has 0 heterocycles. The van der Waals surface area contributed by atoms with Gasteiger partial charge in [-0.1, -0.05) is 24.8 Å². The Kier molecular flexibility index (Phi) is 3.20. The van der Waals surface area contributed by atoms with Gasteiger partial charge in [-0.15, -0.1) is 0 Å². The van der Waals surface area contributed by atoms with Gasteiger partial charge in [-0.3, -0.25) is 4.99 Å². The Labute approximate surface area is 54.4 Å². The van der Waals surface area contributed by atoms with E-state index < -0.39 is 0 Å². The molecule has 0 N–H and O–H groups in total. The Morgan fingerprint density at radius 3 is 2.25 bits per heavy atom. The topological polar surface area (TPSA) is 12.4 Å². The molecule has 0 aliphatic rings. The maximum absolute atomic E-state index is 5.34. The second-order valence-electron chi connectivity index (χ2n) is 1.44. The van der Waals surface area contributed by atoms with E-state index in [1.54, 1.807) is 6.92 Å². The fourth-order valence-corrected chi connectivity index (χ4v) is 0.229. The first-order valence-corrected chi connectivity index (χ1v) is 2.54. The molecule has 44 valence electrons. The summed E-state index contributed by atoms with van der Waals surface area (Å²) < 4.78 is 0. The molecule has 0 unspecified atom stereocenters. The molecule has 0 aromatic rings. The van der Waals surface area contributed by atoms with Gasteiger partial charge in [0, 0.05) is 11.9 Å². The highest BCUT2D eigenvalue weighted by Crippen LogP contribution is 1.93. The Morgan fingerprint density at radius 2 is 2.12 bits per heavy atom. The largest absolute Gasteiger partial charge is 0.261 e. The average Bonchev–Trinajstić information content (AvgIpc) is 1.61. The van der Waals surface area contributed by atoms with Gasteiger partial charge >= 0.3 is 0 Å². The molecule has 0 aliphatic carbocycles. The van der Waals surface area contributed by atoms with Crippen LogP contribution in [0.2, 0.25) is 0 Å². The molecule has 0 saturated carbocycles. The summed E-state index contributed by atoms with van der Waals surface area (Å²) in [5.74, 6) is 0. The van der Waals surface area contributed by atoms with Crippen LogP contribution in [-0.2, 0) is 0 Å². The van der Waals surface area contributed by atoms with E-state index in [-0.39, 0.29) is 0 Å². The van der Waals surface area contributed by atoms with E-state index in [9.17, 15) is 0 Å². The van der Waals surface area contributed by atoms with E-state index >= 15 is 0 Å². The highest BCUT2D eigenvalue weighted by molar-refractivity contribution is 6.38. The van der Waals surface area contributed by atoms with Crippen molar-refractivity contribution in [1.82, 2.24) is 0 Å². The highest BCUT2D eigenvalue weighted by atomic mass is 35.5. The molecule has 0 saturated heterocycles. The highest BCUT2D eigenvalue weighted by Gasteiger charge is 1.75. The lowest BCUT2D eigenvalue weighted by Gasteiger charge is -1.82. The van der Waals surface area contributed by atoms with Crippen molar-refractivity contribution in [3.63, 3.8) is 0 Å². The van der Waals surface area contributed by atoms with Crippen LogP contribution in [0.1, 0.15) is 6.92 Å². The minimum atomic E-state index is 0.424. The molecule has 0 aliphatic heterocycles. The van der Waals surface area contributed by atoms with Gasteiger partial charge < -0.3 is 0 Å². The van der Waals surface area contributed by atoms with Gasteiger partial charge in [0.15, 0.2) is 0 Å². The first-order valence-electron chi connectivity index (χ1n) is 2.17. The molecule has 1 nitrogen and oxygen atoms in total. The summed E-state index contributed by atoms with van der Waals surface area (Å²) >= 11 is 5.34. The Balaban J connectivity index is 3.67. The molecule has 0 fully saturated rings. The zero-order valence-electron chi connectivity index (χ0n) is 4.82. The first-order chi connectivity index (χ1) is 3.63. The van der Waals surface area contributed by atoms with Crippen LogP contribution in [-0.4, -0.2) is 6.21 Å². The summed E-state index contributed by atoms with van der Waals surface area (Å²) in [5, 5.41) is 0.424. The molecular formula is C6H8ClN. The third-order valence-corrected chi connectivity index (χ3v) is 0.523. The number of hydrogen-bond donors (Lipinski definition) is 0. The second-order valence-corrected chi connectivity index (χ2v) is 1.93. The Hall–Kier alpha value is -0.560. The molecule has 0 radical (unpaired) electrons. The van der Waals surface area contributed by atoms with Crippen LogP contribution >= 0.6 is 11.6 Å². The molecule has 0 aromatic carbocycles. The summed E-state index contributed by atoms with van der Waals surface area (Å²) in [5.41, 5.74) is 0.729. The number of aliphatic imine (C=N–C) groups is 1. The van der Waals surface area contributed by atoms with E-state index in [0.29, 0.717) is 5.03 Å². The normalized spacial score (nSPS) is 9.75. The maximum atomic E-state index is 5.34. The maximum Gasteiger partial charge on any atom is 0.0517 e. The molecule has 0 spiro atoms. The fraction of sp³-hybridized carbons (Fsp3) is 0.167. The van der Waals surface area contributed by atoms with Crippen LogP contribution in [0.15, 0.2) is 28.9 Å². The van der Waals surface area contributed by atoms with Gasteiger partial charge in [0.05, 0.1) is 5.03 Å². The van der Waals surface area contributed by atoms with Crippen LogP contribution in [0.4, 0.5) is 0 Å². The van der Waals surface area contributed by atoms with Crippen LogP contribution in [0.3, 0.4) is 0 Å². The quantitative estimate of drug-likeness (QED) is 0.508. The average molecular weight is 130 g/mol. The van der Waals surface area contributed by atoms with E-state index in [0.717, 1.165) is 5.70 Å². The summed E-state index contributed by atoms with van der Waals surface area (Å²) in [4.78, 5) is 3.77. The number of halogens is 1. The summed E-state index contributed by atoms with van der Waals surface area (Å²) in [6, 6.07) is 0. The fourth-order valence-electron chi connectivity index (χ4n) is 0.180. The summed E-state index contributed by atoms with van der Waals surface area (Å²) in [6.07, 6.45) is 1.46. The van der Waals surface area contributed by atoms with Crippen molar-refractivity contribution in [1.29, 1.82) is 0 Å². The molecule has 0 aromatic heterocycles. The van der Waals surface area contributed by atoms with E-state index in [4.69, 9.17) is 11.6 Å². The van der Waals surface area contributed by atoms with E-state index in [2.05, 4.69) is 18.2 Å². The third-order valence-electron chi connectivity index (χ3n) is 0.425. The van der Waals surface area contributed by atoms with Crippen molar-refractivity contribution in [2.24, 2.45) is 4.99 Å². The minimum Gasteiger partial charge on any atom is -0.261 e. The Bertz CT molecular complexity index is 119. The predicted molar refractivity (Wildman–Crippen MR) is 38.3 cm³/mol. The summed E-state index contributed by atoms with van der Waals surface area (Å²) in [7, 11) is 0. The first kappa shape index (κ1) is 7.44. The van der Waals surface area contributed by atoms with Gasteiger partial charge in [0.1, 0.15) is 0 Å². The zero-order chi connectivity index (χ0) is 6.57. The van der Waals surface area contributed by atoms with Gasteiger partial charge in [-0.2, -0.15) is 0 Å². The van der Waals surface area contributed by atoms with Crippen molar-refractivity contribution in [2.75, 3.05) is 0 Å². The van der Waals surface area contributed by atoms with Crippen molar-refractivity contribution in [3.8, 4) is 0 Å². The number of rotatable bonds is 2. The molecule has 0 rings (SSSR count). The number of allylic oxidation sites excluding steroid dienone is 2. The van der Waals surface area contributed by atoms with Crippen molar-refractivity contribution >= 4 is 17.8 Å². The summed E-state index contributed by atoms with van der Waals surface area (Å²) in [6.45, 7) is 8.72. The van der Waals surface area contributed by atoms with Crippen LogP contribution in [0.25, 0.3) is 0 Å². The number of nitrogens with zero attached hydrogens (tertiary/aromatic N) is 1. The van der Waals surface area contributed by atoms with Gasteiger partial charge in [-0.05, 0) is 6.92 Å². The SMILES string of the molecule is C=C(Cl)/C=N\C(=C)C. The standard InChI is InChI=1S/C6H8ClN/c1-5(2)8-4-6(3)7/h4H,1,3H2,2H3/b8-4-. The van der Waals surface area contributed by atoms with E-state index in [1.807, 2.05) is 0 Å². The molecular weight excluding hydrogens is 122 g/mol. The van der Waals surface area contributed by atoms with Gasteiger partial charge in [-0.25, -0.2) is 0 Å². The van der Waals surface area contributed by atoms with Crippen molar-refractivity contribution < 1.29 is 0 Å². The lowest BCUT2D eigenvalue weighted by molar-refractivity contribution is 1.34. The lowest BCUT2D eigenvalue weighted by atomic mass is 10.6. The minimum absolute atomic E-state index is 0.424. The van der Waals surface area contributed by atoms with Crippen LogP contribution in [0, 0.1) is 0 Å². The molecule has 8 heavy (non-hydrogen) atoms. The predicted octanol–water partition coefficient (Wildman–Crippen LogP) is 2.34. The zero-order valence-corrected chi connectivity index (χ0v) is 5.57. The smallest absolute Gasteiger partial charge is 0.0517 e. The third kappa shape index (κ3) is 5.44. The molecule has 0 atom stereocenters. The van der Waals surface area contributed by atoms with Crippen LogP contribution in [0.5, 0.6) is 0 Å². The monoisotopic (exact) mass is 129 g/mol. The lowest BCUT2D eigenvalue weighted by Crippen LogP contribution is -1.69.